The van der Waals surface area contributed by atoms with Crippen molar-refractivity contribution in [1.82, 2.24) is 30.0 Å². The number of fused-ring (bicyclic) bond motifs is 4. The van der Waals surface area contributed by atoms with E-state index in [9.17, 15) is 18.0 Å². The number of H-pyrrole nitrogens is 1. The van der Waals surface area contributed by atoms with Crippen molar-refractivity contribution < 1.29 is 18.0 Å². The van der Waals surface area contributed by atoms with Gasteiger partial charge in [0.25, 0.3) is 5.91 Å². The summed E-state index contributed by atoms with van der Waals surface area (Å²) < 4.78 is 40.1. The molecule has 0 radical (unpaired) electrons. The zero-order chi connectivity index (χ0) is 23.5. The molecule has 0 aromatic carbocycles. The Bertz CT molecular complexity index is 1230. The molecule has 172 valence electrons. The summed E-state index contributed by atoms with van der Waals surface area (Å²) in [6.45, 7) is 3.82. The van der Waals surface area contributed by atoms with Crippen molar-refractivity contribution in [1.29, 1.82) is 0 Å². The molecule has 5 rings (SSSR count). The molecule has 1 N–H and O–H groups in total. The molecular formula is C22H20ClF3N6O. The lowest BCUT2D eigenvalue weighted by atomic mass is 9.76. The quantitative estimate of drug-likeness (QED) is 0.575. The fraction of sp³-hybridized carbons (Fsp3) is 0.409. The molecule has 0 aliphatic carbocycles. The van der Waals surface area contributed by atoms with E-state index in [0.29, 0.717) is 18.7 Å². The van der Waals surface area contributed by atoms with Gasteiger partial charge in [-0.25, -0.2) is 9.97 Å². The van der Waals surface area contributed by atoms with Gasteiger partial charge in [0.05, 0.1) is 33.7 Å². The van der Waals surface area contributed by atoms with Gasteiger partial charge >= 0.3 is 6.18 Å². The van der Waals surface area contributed by atoms with Gasteiger partial charge in [0.15, 0.2) is 5.69 Å². The highest BCUT2D eigenvalue weighted by molar-refractivity contribution is 6.34. The van der Waals surface area contributed by atoms with Crippen molar-refractivity contribution in [3.05, 3.63) is 57.9 Å². The molecule has 3 atom stereocenters. The molecule has 0 saturated carbocycles. The van der Waals surface area contributed by atoms with Gasteiger partial charge in [0.1, 0.15) is 5.82 Å². The van der Waals surface area contributed by atoms with E-state index in [-0.39, 0.29) is 23.6 Å². The summed E-state index contributed by atoms with van der Waals surface area (Å²) in [7, 11) is 0. The van der Waals surface area contributed by atoms with Crippen molar-refractivity contribution >= 4 is 17.5 Å². The van der Waals surface area contributed by atoms with E-state index in [4.69, 9.17) is 11.6 Å². The molecule has 2 aliphatic heterocycles. The Labute approximate surface area is 192 Å². The SMILES string of the molecule is Cc1nc(-c2ccn[nH]2)c2c(n1)[C@@H]1CCC(C)[C@H](C2)N1C(=O)c1ccnc(C(F)(F)F)c1Cl. The fourth-order valence-electron chi connectivity index (χ4n) is 4.98. The van der Waals surface area contributed by atoms with E-state index < -0.39 is 22.8 Å². The maximum atomic E-state index is 13.7. The number of aryl methyl sites for hydroxylation is 1. The Morgan fingerprint density at radius 1 is 1.21 bits per heavy atom. The summed E-state index contributed by atoms with van der Waals surface area (Å²) in [4.78, 5) is 28.0. The number of carbonyl (C=O) groups is 1. The van der Waals surface area contributed by atoms with Crippen molar-refractivity contribution in [3.63, 3.8) is 0 Å². The number of aromatic nitrogens is 5. The topological polar surface area (TPSA) is 87.7 Å². The van der Waals surface area contributed by atoms with Crippen LogP contribution in [0.2, 0.25) is 5.02 Å². The van der Waals surface area contributed by atoms with Gasteiger partial charge in [-0.1, -0.05) is 18.5 Å². The van der Waals surface area contributed by atoms with E-state index in [0.717, 1.165) is 35.3 Å². The Hall–Kier alpha value is -3.01. The minimum absolute atomic E-state index is 0.136. The molecule has 3 aromatic heterocycles. The van der Waals surface area contributed by atoms with Crippen LogP contribution in [0, 0.1) is 12.8 Å². The maximum Gasteiger partial charge on any atom is 0.434 e. The zero-order valence-electron chi connectivity index (χ0n) is 17.8. The van der Waals surface area contributed by atoms with Gasteiger partial charge in [-0.15, -0.1) is 0 Å². The van der Waals surface area contributed by atoms with Crippen LogP contribution in [-0.4, -0.2) is 42.0 Å². The number of carbonyl (C=O) groups excluding carboxylic acids is 1. The van der Waals surface area contributed by atoms with Crippen molar-refractivity contribution in [2.45, 2.75) is 51.4 Å². The Morgan fingerprint density at radius 3 is 2.70 bits per heavy atom. The van der Waals surface area contributed by atoms with Gasteiger partial charge in [0.2, 0.25) is 0 Å². The first-order valence-electron chi connectivity index (χ1n) is 10.6. The van der Waals surface area contributed by atoms with Crippen molar-refractivity contribution in [3.8, 4) is 11.4 Å². The van der Waals surface area contributed by atoms with Crippen LogP contribution < -0.4 is 0 Å². The summed E-state index contributed by atoms with van der Waals surface area (Å²) in [5, 5.41) is 6.29. The first-order chi connectivity index (χ1) is 15.7. The highest BCUT2D eigenvalue weighted by Crippen LogP contribution is 2.46. The minimum atomic E-state index is -4.76. The van der Waals surface area contributed by atoms with E-state index in [2.05, 4.69) is 25.1 Å². The summed E-state index contributed by atoms with van der Waals surface area (Å²) in [5.74, 6) is 0.139. The van der Waals surface area contributed by atoms with E-state index >= 15 is 0 Å². The molecule has 5 heterocycles. The maximum absolute atomic E-state index is 13.7. The molecule has 1 amide bonds. The van der Waals surface area contributed by atoms with Gasteiger partial charge in [-0.2, -0.15) is 18.3 Å². The molecule has 11 heteroatoms. The molecule has 1 fully saturated rings. The summed E-state index contributed by atoms with van der Waals surface area (Å²) in [6.07, 6.45) is -0.133. The molecule has 3 aromatic rings. The number of halogens is 4. The zero-order valence-corrected chi connectivity index (χ0v) is 18.6. The number of rotatable bonds is 2. The second-order valence-electron chi connectivity index (χ2n) is 8.53. The molecule has 1 unspecified atom stereocenters. The summed E-state index contributed by atoms with van der Waals surface area (Å²) in [5.41, 5.74) is 1.70. The van der Waals surface area contributed by atoms with Gasteiger partial charge < -0.3 is 4.90 Å². The second kappa shape index (κ2) is 7.79. The standard InChI is InChI=1S/C22H20ClF3N6O/c1-10-3-4-15-19-13(18(29-11(2)30-19)14-6-8-28-31-14)9-16(10)32(15)21(33)12-5-7-27-20(17(12)23)22(24,25)26/h5-8,10,15-16H,3-4,9H2,1-2H3,(H,28,31)/t10?,15-,16-/m0/s1. The number of hydrogen-bond donors (Lipinski definition) is 1. The van der Waals surface area contributed by atoms with Crippen LogP contribution in [0.5, 0.6) is 0 Å². The van der Waals surface area contributed by atoms with Crippen LogP contribution in [0.15, 0.2) is 24.5 Å². The van der Waals surface area contributed by atoms with Crippen LogP contribution >= 0.6 is 11.6 Å². The molecule has 2 bridgehead atoms. The predicted molar refractivity (Wildman–Crippen MR) is 113 cm³/mol. The summed E-state index contributed by atoms with van der Waals surface area (Å²) >= 11 is 6.05. The first kappa shape index (κ1) is 21.8. The highest BCUT2D eigenvalue weighted by Gasteiger charge is 2.46. The van der Waals surface area contributed by atoms with Crippen molar-refractivity contribution in [2.75, 3.05) is 0 Å². The number of amides is 1. The lowest BCUT2D eigenvalue weighted by Crippen LogP contribution is -2.53. The molecule has 1 saturated heterocycles. The molecule has 2 aliphatic rings. The van der Waals surface area contributed by atoms with Crippen LogP contribution in [0.3, 0.4) is 0 Å². The average molecular weight is 477 g/mol. The third-order valence-corrected chi connectivity index (χ3v) is 6.89. The molecular weight excluding hydrogens is 457 g/mol. The monoisotopic (exact) mass is 476 g/mol. The Kier molecular flexibility index (Phi) is 5.15. The van der Waals surface area contributed by atoms with Gasteiger partial charge in [-0.3, -0.25) is 14.9 Å². The van der Waals surface area contributed by atoms with Crippen LogP contribution in [-0.2, 0) is 12.6 Å². The molecule has 7 nitrogen and oxygen atoms in total. The first-order valence-corrected chi connectivity index (χ1v) is 11.0. The molecule has 0 spiro atoms. The number of hydrogen-bond acceptors (Lipinski definition) is 5. The lowest BCUT2D eigenvalue weighted by Gasteiger charge is -2.49. The minimum Gasteiger partial charge on any atom is -0.326 e. The smallest absolute Gasteiger partial charge is 0.326 e. The van der Waals surface area contributed by atoms with Crippen LogP contribution in [0.25, 0.3) is 11.4 Å². The third kappa shape index (κ3) is 3.56. The average Bonchev–Trinajstić information content (AvgIpc) is 3.29. The number of alkyl halides is 3. The van der Waals surface area contributed by atoms with E-state index in [1.54, 1.807) is 18.0 Å². The third-order valence-electron chi connectivity index (χ3n) is 6.50. The van der Waals surface area contributed by atoms with E-state index in [1.807, 2.05) is 13.0 Å². The Morgan fingerprint density at radius 2 is 2.00 bits per heavy atom. The highest BCUT2D eigenvalue weighted by atomic mass is 35.5. The number of nitrogens with zero attached hydrogens (tertiary/aromatic N) is 5. The normalized spacial score (nSPS) is 22.2. The predicted octanol–water partition coefficient (Wildman–Crippen LogP) is 4.78. The number of piperidine rings is 1. The molecule has 33 heavy (non-hydrogen) atoms. The van der Waals surface area contributed by atoms with Crippen molar-refractivity contribution in [2.24, 2.45) is 5.92 Å². The second-order valence-corrected chi connectivity index (χ2v) is 8.90. The van der Waals surface area contributed by atoms with Gasteiger partial charge in [-0.05, 0) is 44.2 Å². The fourth-order valence-corrected chi connectivity index (χ4v) is 5.28. The Balaban J connectivity index is 1.63. The summed E-state index contributed by atoms with van der Waals surface area (Å²) in [6, 6.07) is 2.46. The number of nitrogens with one attached hydrogen (secondary N) is 1. The van der Waals surface area contributed by atoms with Crippen LogP contribution in [0.4, 0.5) is 13.2 Å². The number of pyridine rings is 1. The van der Waals surface area contributed by atoms with E-state index in [1.165, 1.54) is 6.07 Å². The van der Waals surface area contributed by atoms with Crippen LogP contribution in [0.1, 0.15) is 58.9 Å². The lowest BCUT2D eigenvalue weighted by molar-refractivity contribution is -0.141. The van der Waals surface area contributed by atoms with Gasteiger partial charge in [0, 0.05) is 24.0 Å². The number of aromatic amines is 1. The largest absolute Gasteiger partial charge is 0.434 e.